The summed E-state index contributed by atoms with van der Waals surface area (Å²) < 4.78 is 0. The van der Waals surface area contributed by atoms with E-state index in [0.29, 0.717) is 11.5 Å². The summed E-state index contributed by atoms with van der Waals surface area (Å²) in [5.41, 5.74) is 11.3. The van der Waals surface area contributed by atoms with Crippen molar-refractivity contribution >= 4 is 17.4 Å². The van der Waals surface area contributed by atoms with Crippen molar-refractivity contribution < 1.29 is 4.79 Å². The molecule has 0 radical (unpaired) electrons. The molecule has 6 nitrogen and oxygen atoms in total. The van der Waals surface area contributed by atoms with Gasteiger partial charge in [0.05, 0.1) is 11.9 Å². The molecule has 82 valence electrons. The largest absolute Gasteiger partial charge is 0.394 e. The Morgan fingerprint density at radius 2 is 2.20 bits per heavy atom. The molecule has 0 aliphatic rings. The number of carbonyl (C=O) groups excluding carboxylic acids is 1. The van der Waals surface area contributed by atoms with Gasteiger partial charge in [-0.15, -0.1) is 0 Å². The molecule has 0 spiro atoms. The Kier molecular flexibility index (Phi) is 3.43. The van der Waals surface area contributed by atoms with Gasteiger partial charge in [-0.2, -0.15) is 0 Å². The summed E-state index contributed by atoms with van der Waals surface area (Å²) in [5, 5.41) is 2.90. The highest BCUT2D eigenvalue weighted by atomic mass is 16.1. The summed E-state index contributed by atoms with van der Waals surface area (Å²) in [6, 6.07) is -0.484. The second-order valence-electron chi connectivity index (χ2n) is 3.60. The summed E-state index contributed by atoms with van der Waals surface area (Å²) in [5.74, 6) is 0.0716. The van der Waals surface area contributed by atoms with Crippen LogP contribution < -0.4 is 16.8 Å². The third-order valence-corrected chi connectivity index (χ3v) is 2.01. The van der Waals surface area contributed by atoms with Gasteiger partial charge in [-0.1, -0.05) is 13.8 Å². The lowest BCUT2D eigenvalue weighted by Crippen LogP contribution is -2.39. The zero-order chi connectivity index (χ0) is 11.4. The van der Waals surface area contributed by atoms with Gasteiger partial charge in [-0.05, 0) is 5.92 Å². The van der Waals surface area contributed by atoms with Crippen molar-refractivity contribution in [3.8, 4) is 0 Å². The Balaban J connectivity index is 2.84. The lowest BCUT2D eigenvalue weighted by atomic mass is 10.0. The fourth-order valence-electron chi connectivity index (χ4n) is 1.17. The van der Waals surface area contributed by atoms with Crippen LogP contribution in [0.5, 0.6) is 0 Å². The van der Waals surface area contributed by atoms with E-state index < -0.39 is 11.9 Å². The van der Waals surface area contributed by atoms with Crippen molar-refractivity contribution in [2.24, 2.45) is 11.7 Å². The molecule has 1 atom stereocenters. The number of hydrogen-bond donors (Lipinski definition) is 3. The van der Waals surface area contributed by atoms with Crippen molar-refractivity contribution in [3.63, 3.8) is 0 Å². The van der Waals surface area contributed by atoms with Crippen LogP contribution in [0.2, 0.25) is 0 Å². The number of nitrogens with one attached hydrogen (secondary N) is 1. The SMILES string of the molecule is CC(C)C(Nc1ncncc1N)C(N)=O. The second-order valence-corrected chi connectivity index (χ2v) is 3.60. The number of hydrogen-bond acceptors (Lipinski definition) is 5. The van der Waals surface area contributed by atoms with Gasteiger partial charge >= 0.3 is 0 Å². The number of aromatic nitrogens is 2. The first-order chi connectivity index (χ1) is 7.02. The van der Waals surface area contributed by atoms with Crippen LogP contribution in [0.25, 0.3) is 0 Å². The van der Waals surface area contributed by atoms with Crippen molar-refractivity contribution in [1.82, 2.24) is 9.97 Å². The molecule has 1 rings (SSSR count). The molecule has 1 amide bonds. The van der Waals surface area contributed by atoms with Gasteiger partial charge in [0, 0.05) is 0 Å². The van der Waals surface area contributed by atoms with E-state index in [9.17, 15) is 4.79 Å². The van der Waals surface area contributed by atoms with Gasteiger partial charge < -0.3 is 16.8 Å². The molecule has 0 saturated carbocycles. The lowest BCUT2D eigenvalue weighted by molar-refractivity contribution is -0.119. The molecule has 0 aromatic carbocycles. The first-order valence-electron chi connectivity index (χ1n) is 4.63. The Morgan fingerprint density at radius 3 is 2.67 bits per heavy atom. The van der Waals surface area contributed by atoms with E-state index in [-0.39, 0.29) is 5.92 Å². The van der Waals surface area contributed by atoms with Crippen LogP contribution in [0.4, 0.5) is 11.5 Å². The molecule has 1 heterocycles. The van der Waals surface area contributed by atoms with Gasteiger partial charge in [-0.3, -0.25) is 4.79 Å². The molecule has 1 aromatic heterocycles. The maximum absolute atomic E-state index is 11.1. The molecule has 1 aromatic rings. The quantitative estimate of drug-likeness (QED) is 0.646. The Hall–Kier alpha value is -1.85. The number of rotatable bonds is 4. The molecule has 0 saturated heterocycles. The van der Waals surface area contributed by atoms with E-state index in [1.165, 1.54) is 12.5 Å². The summed E-state index contributed by atoms with van der Waals surface area (Å²) in [4.78, 5) is 18.8. The van der Waals surface area contributed by atoms with Gasteiger partial charge in [-0.25, -0.2) is 9.97 Å². The number of anilines is 2. The number of nitrogen functional groups attached to an aromatic ring is 1. The monoisotopic (exact) mass is 209 g/mol. The average Bonchev–Trinajstić information content (AvgIpc) is 2.15. The van der Waals surface area contributed by atoms with Crippen LogP contribution >= 0.6 is 0 Å². The minimum atomic E-state index is -0.484. The summed E-state index contributed by atoms with van der Waals surface area (Å²) >= 11 is 0. The Labute approximate surface area is 88.1 Å². The Bertz CT molecular complexity index is 352. The summed E-state index contributed by atoms with van der Waals surface area (Å²) in [7, 11) is 0. The Morgan fingerprint density at radius 1 is 1.53 bits per heavy atom. The van der Waals surface area contributed by atoms with E-state index in [4.69, 9.17) is 11.5 Å². The van der Waals surface area contributed by atoms with Gasteiger partial charge in [0.25, 0.3) is 0 Å². The van der Waals surface area contributed by atoms with Crippen molar-refractivity contribution in [2.75, 3.05) is 11.1 Å². The van der Waals surface area contributed by atoms with E-state index in [1.54, 1.807) is 0 Å². The molecule has 6 heteroatoms. The topological polar surface area (TPSA) is 107 Å². The summed E-state index contributed by atoms with van der Waals surface area (Å²) in [6.07, 6.45) is 2.82. The van der Waals surface area contributed by atoms with Crippen LogP contribution in [0, 0.1) is 5.92 Å². The number of amides is 1. The van der Waals surface area contributed by atoms with Crippen LogP contribution in [0.3, 0.4) is 0 Å². The molecule has 1 unspecified atom stereocenters. The van der Waals surface area contributed by atoms with Gasteiger partial charge in [0.1, 0.15) is 12.4 Å². The standard InChI is InChI=1S/C9H15N5O/c1-5(2)7(8(11)15)14-9-6(10)3-12-4-13-9/h3-5,7H,10H2,1-2H3,(H2,11,15)(H,12,13,14). The minimum Gasteiger partial charge on any atom is -0.394 e. The van der Waals surface area contributed by atoms with E-state index >= 15 is 0 Å². The van der Waals surface area contributed by atoms with Crippen LogP contribution in [-0.2, 0) is 4.79 Å². The maximum atomic E-state index is 11.1. The number of nitrogens with two attached hydrogens (primary N) is 2. The molecule has 0 bridgehead atoms. The highest BCUT2D eigenvalue weighted by Crippen LogP contribution is 2.15. The van der Waals surface area contributed by atoms with Crippen LogP contribution in [0.15, 0.2) is 12.5 Å². The molecular weight excluding hydrogens is 194 g/mol. The van der Waals surface area contributed by atoms with E-state index in [2.05, 4.69) is 15.3 Å². The predicted molar refractivity (Wildman–Crippen MR) is 57.9 cm³/mol. The number of nitrogens with zero attached hydrogens (tertiary/aromatic N) is 2. The first-order valence-corrected chi connectivity index (χ1v) is 4.63. The smallest absolute Gasteiger partial charge is 0.240 e. The van der Waals surface area contributed by atoms with Crippen molar-refractivity contribution in [3.05, 3.63) is 12.5 Å². The third kappa shape index (κ3) is 2.80. The normalized spacial score (nSPS) is 12.5. The molecule has 0 fully saturated rings. The fourth-order valence-corrected chi connectivity index (χ4v) is 1.17. The molecule has 0 aliphatic carbocycles. The van der Waals surface area contributed by atoms with E-state index in [1.807, 2.05) is 13.8 Å². The predicted octanol–water partition coefficient (Wildman–Crippen LogP) is -0.0194. The van der Waals surface area contributed by atoms with Crippen LogP contribution in [-0.4, -0.2) is 21.9 Å². The van der Waals surface area contributed by atoms with Crippen molar-refractivity contribution in [1.29, 1.82) is 0 Å². The molecule has 5 N–H and O–H groups in total. The van der Waals surface area contributed by atoms with Gasteiger partial charge in [0.15, 0.2) is 5.82 Å². The maximum Gasteiger partial charge on any atom is 0.240 e. The number of carbonyl (C=O) groups is 1. The highest BCUT2D eigenvalue weighted by Gasteiger charge is 2.20. The molecular formula is C9H15N5O. The highest BCUT2D eigenvalue weighted by molar-refractivity contribution is 5.83. The van der Waals surface area contributed by atoms with Crippen LogP contribution in [0.1, 0.15) is 13.8 Å². The molecule has 15 heavy (non-hydrogen) atoms. The second kappa shape index (κ2) is 4.59. The minimum absolute atomic E-state index is 0.0665. The lowest BCUT2D eigenvalue weighted by Gasteiger charge is -2.19. The van der Waals surface area contributed by atoms with Gasteiger partial charge in [0.2, 0.25) is 5.91 Å². The zero-order valence-electron chi connectivity index (χ0n) is 8.77. The van der Waals surface area contributed by atoms with Crippen molar-refractivity contribution in [2.45, 2.75) is 19.9 Å². The third-order valence-electron chi connectivity index (χ3n) is 2.01. The van der Waals surface area contributed by atoms with E-state index in [0.717, 1.165) is 0 Å². The summed E-state index contributed by atoms with van der Waals surface area (Å²) in [6.45, 7) is 3.78. The first kappa shape index (κ1) is 11.2. The number of primary amides is 1. The zero-order valence-corrected chi connectivity index (χ0v) is 8.77. The molecule has 0 aliphatic heterocycles. The average molecular weight is 209 g/mol. The fraction of sp³-hybridized carbons (Fsp3) is 0.444.